The number of amides is 1. The van der Waals surface area contributed by atoms with Crippen molar-refractivity contribution < 1.29 is 37.6 Å². The standard InChI is InChI=1S/C20H21N3O9S5/c1-11-8-21(6-2-3-7-37(30,31)32)13(34-11)5-4-12-17(28)22(9-14(24)25)19(35-12)16-18(29)23(10-15(26)27)20(33)36-16/h4-5,8H,2-3,6-7,9-10H2,1H3,(H,24,25)(H,26,27)(H,30,31,32). The molecule has 0 radical (unpaired) electrons. The fraction of sp³-hybridized carbons (Fsp3) is 0.350. The minimum absolute atomic E-state index is 0.00804. The Morgan fingerprint density at radius 3 is 2.38 bits per heavy atom. The number of carbonyl (C=O) groups is 3. The van der Waals surface area contributed by atoms with Crippen LogP contribution < -0.4 is 14.8 Å². The lowest BCUT2D eigenvalue weighted by Gasteiger charge is -2.16. The molecule has 0 bridgehead atoms. The van der Waals surface area contributed by atoms with Crippen molar-refractivity contribution in [3.63, 3.8) is 0 Å². The van der Waals surface area contributed by atoms with E-state index in [1.54, 1.807) is 6.08 Å². The van der Waals surface area contributed by atoms with E-state index in [-0.39, 0.29) is 30.6 Å². The van der Waals surface area contributed by atoms with Gasteiger partial charge in [-0.2, -0.15) is 8.42 Å². The van der Waals surface area contributed by atoms with E-state index in [1.807, 2.05) is 18.0 Å². The quantitative estimate of drug-likeness (QED) is 0.188. The van der Waals surface area contributed by atoms with Gasteiger partial charge in [-0.05, 0) is 31.9 Å². The summed E-state index contributed by atoms with van der Waals surface area (Å²) in [5.41, 5.74) is -0.630. The molecule has 0 aliphatic carbocycles. The van der Waals surface area contributed by atoms with Crippen LogP contribution in [0.2, 0.25) is 0 Å². The van der Waals surface area contributed by atoms with E-state index in [0.717, 1.165) is 42.5 Å². The van der Waals surface area contributed by atoms with Crippen LogP contribution in [0.4, 0.5) is 0 Å². The molecule has 17 heteroatoms. The number of aliphatic carboxylic acids is 2. The maximum Gasteiger partial charge on any atom is 0.323 e. The smallest absolute Gasteiger partial charge is 0.323 e. The van der Waals surface area contributed by atoms with Gasteiger partial charge in [0.2, 0.25) is 0 Å². The monoisotopic (exact) mass is 607 g/mol. The summed E-state index contributed by atoms with van der Waals surface area (Å²) in [4.78, 5) is 52.1. The van der Waals surface area contributed by atoms with Crippen molar-refractivity contribution in [2.45, 2.75) is 26.3 Å². The Morgan fingerprint density at radius 1 is 1.08 bits per heavy atom. The lowest BCUT2D eigenvalue weighted by atomic mass is 10.3. The van der Waals surface area contributed by atoms with Crippen LogP contribution in [-0.4, -0.2) is 78.6 Å². The van der Waals surface area contributed by atoms with Crippen LogP contribution in [0.5, 0.6) is 0 Å². The number of thioether (sulfide) groups is 2. The third-order valence-electron chi connectivity index (χ3n) is 4.85. The molecule has 1 saturated heterocycles. The van der Waals surface area contributed by atoms with Crippen molar-refractivity contribution in [2.24, 2.45) is 0 Å². The molecule has 2 aliphatic heterocycles. The van der Waals surface area contributed by atoms with Crippen molar-refractivity contribution in [1.29, 1.82) is 0 Å². The molecule has 0 spiro atoms. The van der Waals surface area contributed by atoms with E-state index in [4.69, 9.17) is 21.9 Å². The number of thiocarbonyl (C=S) groups is 1. The Hall–Kier alpha value is -2.44. The van der Waals surface area contributed by atoms with Gasteiger partial charge in [-0.3, -0.25) is 33.2 Å². The average Bonchev–Trinajstić information content (AvgIpc) is 3.38. The largest absolute Gasteiger partial charge is 0.480 e. The number of nitrogens with zero attached hydrogens (tertiary/aromatic N) is 3. The molecule has 0 aromatic carbocycles. The van der Waals surface area contributed by atoms with Crippen molar-refractivity contribution in [1.82, 2.24) is 14.4 Å². The molecular formula is C20H21N3O9S5. The highest BCUT2D eigenvalue weighted by Crippen LogP contribution is 2.36. The van der Waals surface area contributed by atoms with Gasteiger partial charge in [0.1, 0.15) is 27.0 Å². The number of aromatic nitrogens is 1. The Labute approximate surface area is 228 Å². The van der Waals surface area contributed by atoms with Crippen molar-refractivity contribution in [3.05, 3.63) is 41.8 Å². The normalized spacial score (nSPS) is 19.4. The maximum absolute atomic E-state index is 13.0. The second-order valence-electron chi connectivity index (χ2n) is 7.74. The average molecular weight is 608 g/mol. The molecule has 1 amide bonds. The first-order chi connectivity index (χ1) is 17.3. The molecule has 0 atom stereocenters. The third kappa shape index (κ3) is 7.55. The molecule has 3 heterocycles. The van der Waals surface area contributed by atoms with Gasteiger partial charge in [0.15, 0.2) is 0 Å². The molecule has 37 heavy (non-hydrogen) atoms. The summed E-state index contributed by atoms with van der Waals surface area (Å²) in [6.45, 7) is 0.994. The van der Waals surface area contributed by atoms with Gasteiger partial charge < -0.3 is 15.1 Å². The van der Waals surface area contributed by atoms with Gasteiger partial charge in [-0.15, -0.1) is 11.3 Å². The molecule has 0 saturated carbocycles. The van der Waals surface area contributed by atoms with Crippen LogP contribution in [-0.2, 0) is 31.0 Å². The highest BCUT2D eigenvalue weighted by molar-refractivity contribution is 8.30. The van der Waals surface area contributed by atoms with Gasteiger partial charge in [0, 0.05) is 17.6 Å². The zero-order valence-electron chi connectivity index (χ0n) is 19.1. The minimum atomic E-state index is -4.03. The van der Waals surface area contributed by atoms with Gasteiger partial charge in [-0.25, -0.2) is 0 Å². The minimum Gasteiger partial charge on any atom is -0.480 e. The number of carboxylic acid groups (broad SMARTS) is 2. The summed E-state index contributed by atoms with van der Waals surface area (Å²) in [5.74, 6) is -3.63. The lowest BCUT2D eigenvalue weighted by Crippen LogP contribution is -2.36. The number of thiazole rings is 1. The van der Waals surface area contributed by atoms with Gasteiger partial charge in [0.05, 0.1) is 15.3 Å². The number of rotatable bonds is 10. The highest BCUT2D eigenvalue weighted by atomic mass is 32.2. The van der Waals surface area contributed by atoms with Crippen molar-refractivity contribution in [2.75, 3.05) is 18.8 Å². The second-order valence-corrected chi connectivity index (χ2v) is 13.3. The van der Waals surface area contributed by atoms with Gasteiger partial charge >= 0.3 is 11.9 Å². The van der Waals surface area contributed by atoms with E-state index in [9.17, 15) is 32.7 Å². The van der Waals surface area contributed by atoms with E-state index in [1.165, 1.54) is 17.8 Å². The second kappa shape index (κ2) is 12.0. The fourth-order valence-corrected chi connectivity index (χ4v) is 7.26. The van der Waals surface area contributed by atoms with E-state index >= 15 is 0 Å². The molecule has 1 aromatic rings. The highest BCUT2D eigenvalue weighted by Gasteiger charge is 2.35. The summed E-state index contributed by atoms with van der Waals surface area (Å²) in [5, 5.41) is 19.1. The SMILES string of the molecule is CC1=CN(CCCCS(=O)(=O)O)C(=CC=c2sc(=C3SC(=S)N(CC(=O)O)C3=O)n(CC(=O)O)c2=O)S1. The Kier molecular flexibility index (Phi) is 9.41. The Balaban J connectivity index is 1.98. The molecule has 12 nitrogen and oxygen atoms in total. The number of allylic oxidation sites excluding steroid dienone is 2. The summed E-state index contributed by atoms with van der Waals surface area (Å²) in [7, 11) is -4.03. The van der Waals surface area contributed by atoms with Crippen LogP contribution >= 0.6 is 47.1 Å². The van der Waals surface area contributed by atoms with E-state index in [0.29, 0.717) is 13.0 Å². The molecule has 1 aromatic heterocycles. The number of unbranched alkanes of at least 4 members (excludes halogenated alkanes) is 1. The van der Waals surface area contributed by atoms with Crippen molar-refractivity contribution >= 4 is 90.3 Å². The molecule has 1 fully saturated rings. The molecule has 3 rings (SSSR count). The topological polar surface area (TPSA) is 175 Å². The van der Waals surface area contributed by atoms with Crippen molar-refractivity contribution in [3.8, 4) is 0 Å². The van der Waals surface area contributed by atoms with Gasteiger partial charge in [-0.1, -0.05) is 35.7 Å². The number of carbonyl (C=O) groups excluding carboxylic acids is 1. The lowest BCUT2D eigenvalue weighted by molar-refractivity contribution is -0.140. The zero-order chi connectivity index (χ0) is 27.5. The van der Waals surface area contributed by atoms with Crippen LogP contribution in [0.25, 0.3) is 11.0 Å². The number of hydrogen-bond acceptors (Lipinski definition) is 11. The third-order valence-corrected chi connectivity index (χ3v) is 9.38. The number of carboxylic acids is 2. The fourth-order valence-electron chi connectivity index (χ4n) is 3.33. The van der Waals surface area contributed by atoms with Gasteiger partial charge in [0.25, 0.3) is 21.6 Å². The Bertz CT molecular complexity index is 1500. The predicted molar refractivity (Wildman–Crippen MR) is 145 cm³/mol. The number of hydrogen-bond donors (Lipinski definition) is 3. The molecule has 3 N–H and O–H groups in total. The first kappa shape index (κ1) is 29.1. The van der Waals surface area contributed by atoms with E-state index < -0.39 is 46.6 Å². The first-order valence-electron chi connectivity index (χ1n) is 10.5. The summed E-state index contributed by atoms with van der Waals surface area (Å²) in [6, 6.07) is 0. The zero-order valence-corrected chi connectivity index (χ0v) is 23.2. The summed E-state index contributed by atoms with van der Waals surface area (Å²) >= 11 is 8.23. The Morgan fingerprint density at radius 2 is 1.76 bits per heavy atom. The molecular weight excluding hydrogens is 587 g/mol. The predicted octanol–water partition coefficient (Wildman–Crippen LogP) is 0.248. The molecule has 2 aliphatic rings. The van der Waals surface area contributed by atoms with Crippen LogP contribution in [0.3, 0.4) is 0 Å². The van der Waals surface area contributed by atoms with E-state index in [2.05, 4.69) is 0 Å². The molecule has 0 unspecified atom stereocenters. The summed E-state index contributed by atoms with van der Waals surface area (Å²) in [6.07, 6.45) is 5.79. The summed E-state index contributed by atoms with van der Waals surface area (Å²) < 4.78 is 31.9. The first-order valence-corrected chi connectivity index (χ1v) is 14.9. The molecule has 200 valence electrons. The van der Waals surface area contributed by atoms with Crippen LogP contribution in [0.15, 0.2) is 27.0 Å². The van der Waals surface area contributed by atoms with Crippen LogP contribution in [0, 0.1) is 0 Å². The van der Waals surface area contributed by atoms with Crippen LogP contribution in [0.1, 0.15) is 19.8 Å². The maximum atomic E-state index is 13.0.